The Hall–Kier alpha value is -1.03. The van der Waals surface area contributed by atoms with Gasteiger partial charge in [0.25, 0.3) is 6.43 Å². The number of halogens is 3. The zero-order valence-electron chi connectivity index (χ0n) is 6.97. The number of aryl methyl sites for hydroxylation is 1. The van der Waals surface area contributed by atoms with Crippen LogP contribution in [0.25, 0.3) is 0 Å². The van der Waals surface area contributed by atoms with Crippen LogP contribution in [0.3, 0.4) is 0 Å². The topological polar surface area (TPSA) is 20.2 Å². The molecule has 0 aliphatic carbocycles. The van der Waals surface area contributed by atoms with E-state index < -0.39 is 18.3 Å². The fraction of sp³-hybridized carbons (Fsp3) is 0.333. The van der Waals surface area contributed by atoms with Crippen molar-refractivity contribution in [3.63, 3.8) is 0 Å². The summed E-state index contributed by atoms with van der Waals surface area (Å²) in [6, 6.07) is 3.45. The van der Waals surface area contributed by atoms with E-state index in [2.05, 4.69) is 0 Å². The van der Waals surface area contributed by atoms with Gasteiger partial charge in [-0.05, 0) is 30.2 Å². The molecule has 1 aromatic rings. The first kappa shape index (κ1) is 10.1. The van der Waals surface area contributed by atoms with E-state index >= 15 is 0 Å². The minimum Gasteiger partial charge on any atom is -0.382 e. The summed E-state index contributed by atoms with van der Waals surface area (Å²) >= 11 is 0. The van der Waals surface area contributed by atoms with Gasteiger partial charge < -0.3 is 5.11 Å². The molecule has 4 heteroatoms. The Labute approximate surface area is 73.8 Å². The molecule has 1 atom stereocenters. The lowest BCUT2D eigenvalue weighted by Gasteiger charge is -2.10. The molecule has 0 aliphatic rings. The fourth-order valence-electron chi connectivity index (χ4n) is 1.08. The van der Waals surface area contributed by atoms with E-state index in [9.17, 15) is 13.2 Å². The van der Waals surface area contributed by atoms with Crippen molar-refractivity contribution in [1.29, 1.82) is 0 Å². The molecule has 0 saturated heterocycles. The summed E-state index contributed by atoms with van der Waals surface area (Å²) in [6.07, 6.45) is -4.80. The molecule has 0 heterocycles. The molecule has 1 nitrogen and oxygen atoms in total. The highest BCUT2D eigenvalue weighted by Gasteiger charge is 2.19. The molecule has 0 bridgehead atoms. The molecule has 0 amide bonds. The molecular formula is C9H9F3O. The monoisotopic (exact) mass is 190 g/mol. The Kier molecular flexibility index (Phi) is 2.93. The maximum Gasteiger partial charge on any atom is 0.268 e. The molecular weight excluding hydrogens is 181 g/mol. The molecule has 72 valence electrons. The highest BCUT2D eigenvalue weighted by molar-refractivity contribution is 5.25. The van der Waals surface area contributed by atoms with Gasteiger partial charge in [-0.25, -0.2) is 13.2 Å². The third-order valence-electron chi connectivity index (χ3n) is 1.64. The Morgan fingerprint density at radius 1 is 1.23 bits per heavy atom. The van der Waals surface area contributed by atoms with Gasteiger partial charge in [0.05, 0.1) is 0 Å². The third kappa shape index (κ3) is 2.45. The summed E-state index contributed by atoms with van der Waals surface area (Å²) < 4.78 is 36.7. The summed E-state index contributed by atoms with van der Waals surface area (Å²) in [5.41, 5.74) is 0.419. The number of hydrogen-bond acceptors (Lipinski definition) is 1. The van der Waals surface area contributed by atoms with E-state index in [0.717, 1.165) is 6.07 Å². The minimum atomic E-state index is -2.89. The van der Waals surface area contributed by atoms with Gasteiger partial charge in [-0.3, -0.25) is 0 Å². The van der Waals surface area contributed by atoms with Gasteiger partial charge in [0.15, 0.2) is 0 Å². The minimum absolute atomic E-state index is 0.0903. The maximum absolute atomic E-state index is 12.7. The number of aliphatic hydroxyl groups is 1. The smallest absolute Gasteiger partial charge is 0.268 e. The van der Waals surface area contributed by atoms with E-state index in [1.54, 1.807) is 6.92 Å². The predicted molar refractivity (Wildman–Crippen MR) is 42.1 cm³/mol. The summed E-state index contributed by atoms with van der Waals surface area (Å²) in [6.45, 7) is 1.57. The lowest BCUT2D eigenvalue weighted by atomic mass is 10.1. The average molecular weight is 190 g/mol. The molecule has 1 rings (SSSR count). The largest absolute Gasteiger partial charge is 0.382 e. The molecule has 13 heavy (non-hydrogen) atoms. The number of alkyl halides is 2. The first-order valence-electron chi connectivity index (χ1n) is 3.74. The average Bonchev–Trinajstić information content (AvgIpc) is 2.01. The molecule has 1 N–H and O–H groups in total. The van der Waals surface area contributed by atoms with Gasteiger partial charge in [0.2, 0.25) is 0 Å². The second-order valence-corrected chi connectivity index (χ2v) is 2.84. The molecule has 0 aliphatic heterocycles. The molecule has 0 fully saturated rings. The van der Waals surface area contributed by atoms with Crippen LogP contribution in [0.5, 0.6) is 0 Å². The Bertz CT molecular complexity index is 279. The highest BCUT2D eigenvalue weighted by Crippen LogP contribution is 2.22. The van der Waals surface area contributed by atoms with E-state index in [1.165, 1.54) is 12.1 Å². The number of rotatable bonds is 2. The van der Waals surface area contributed by atoms with E-state index in [-0.39, 0.29) is 5.56 Å². The third-order valence-corrected chi connectivity index (χ3v) is 1.64. The van der Waals surface area contributed by atoms with Crippen molar-refractivity contribution >= 4 is 0 Å². The number of benzene rings is 1. The zero-order chi connectivity index (χ0) is 10.0. The van der Waals surface area contributed by atoms with Crippen LogP contribution >= 0.6 is 0 Å². The standard InChI is InChI=1S/C9H9F3O/c1-5-2-6(4-7(10)3-5)8(13)9(11)12/h2-4,8-9,13H,1H3. The SMILES string of the molecule is Cc1cc(F)cc(C(O)C(F)F)c1. The molecule has 1 unspecified atom stereocenters. The molecule has 0 spiro atoms. The predicted octanol–water partition coefficient (Wildman–Crippen LogP) is 2.43. The summed E-state index contributed by atoms with van der Waals surface area (Å²) in [7, 11) is 0. The molecule has 0 saturated carbocycles. The van der Waals surface area contributed by atoms with E-state index in [4.69, 9.17) is 5.11 Å². The van der Waals surface area contributed by atoms with Crippen LogP contribution in [-0.2, 0) is 0 Å². The second kappa shape index (κ2) is 3.79. The number of aliphatic hydroxyl groups excluding tert-OH is 1. The van der Waals surface area contributed by atoms with Crippen LogP contribution in [0.4, 0.5) is 13.2 Å². The van der Waals surface area contributed by atoms with Gasteiger partial charge in [-0.1, -0.05) is 6.07 Å². The first-order chi connectivity index (χ1) is 6.00. The summed E-state index contributed by atoms with van der Waals surface area (Å²) in [4.78, 5) is 0. The van der Waals surface area contributed by atoms with Crippen molar-refractivity contribution in [2.45, 2.75) is 19.5 Å². The Morgan fingerprint density at radius 3 is 2.31 bits per heavy atom. The van der Waals surface area contributed by atoms with Gasteiger partial charge >= 0.3 is 0 Å². The lowest BCUT2D eigenvalue weighted by Crippen LogP contribution is -2.08. The number of hydrogen-bond donors (Lipinski definition) is 1. The first-order valence-corrected chi connectivity index (χ1v) is 3.74. The van der Waals surface area contributed by atoms with Crippen molar-refractivity contribution in [3.8, 4) is 0 Å². The molecule has 0 radical (unpaired) electrons. The quantitative estimate of drug-likeness (QED) is 0.759. The highest BCUT2D eigenvalue weighted by atomic mass is 19.3. The van der Waals surface area contributed by atoms with Gasteiger partial charge in [-0.15, -0.1) is 0 Å². The molecule has 1 aromatic carbocycles. The lowest BCUT2D eigenvalue weighted by molar-refractivity contribution is -0.00594. The zero-order valence-corrected chi connectivity index (χ0v) is 6.97. The van der Waals surface area contributed by atoms with Gasteiger partial charge in [0.1, 0.15) is 11.9 Å². The van der Waals surface area contributed by atoms with E-state index in [1.807, 2.05) is 0 Å². The fourth-order valence-corrected chi connectivity index (χ4v) is 1.08. The van der Waals surface area contributed by atoms with Crippen molar-refractivity contribution < 1.29 is 18.3 Å². The van der Waals surface area contributed by atoms with Crippen molar-refractivity contribution in [2.75, 3.05) is 0 Å². The van der Waals surface area contributed by atoms with Crippen LogP contribution in [-0.4, -0.2) is 11.5 Å². The van der Waals surface area contributed by atoms with E-state index in [0.29, 0.717) is 5.56 Å². The van der Waals surface area contributed by atoms with Crippen molar-refractivity contribution in [1.82, 2.24) is 0 Å². The Balaban J connectivity index is 3.01. The van der Waals surface area contributed by atoms with Gasteiger partial charge in [0, 0.05) is 0 Å². The summed E-state index contributed by atoms with van der Waals surface area (Å²) in [5, 5.41) is 8.93. The van der Waals surface area contributed by atoms with Gasteiger partial charge in [-0.2, -0.15) is 0 Å². The van der Waals surface area contributed by atoms with Crippen molar-refractivity contribution in [3.05, 3.63) is 35.1 Å². The summed E-state index contributed by atoms with van der Waals surface area (Å²) in [5.74, 6) is -0.616. The Morgan fingerprint density at radius 2 is 1.85 bits per heavy atom. The molecule has 0 aromatic heterocycles. The van der Waals surface area contributed by atoms with Crippen LogP contribution in [0.2, 0.25) is 0 Å². The van der Waals surface area contributed by atoms with Crippen molar-refractivity contribution in [2.24, 2.45) is 0 Å². The maximum atomic E-state index is 12.7. The van der Waals surface area contributed by atoms with Crippen LogP contribution < -0.4 is 0 Å². The van der Waals surface area contributed by atoms with Crippen LogP contribution in [0.1, 0.15) is 17.2 Å². The van der Waals surface area contributed by atoms with Crippen LogP contribution in [0, 0.1) is 12.7 Å². The second-order valence-electron chi connectivity index (χ2n) is 2.84. The van der Waals surface area contributed by atoms with Crippen LogP contribution in [0.15, 0.2) is 18.2 Å². The normalized spacial score (nSPS) is 13.4.